The van der Waals surface area contributed by atoms with Crippen LogP contribution < -0.4 is 10.0 Å². The minimum atomic E-state index is -3.27. The highest BCUT2D eigenvalue weighted by Gasteiger charge is 2.24. The third-order valence-electron chi connectivity index (χ3n) is 2.94. The van der Waals surface area contributed by atoms with Crippen molar-refractivity contribution in [1.29, 1.82) is 0 Å². The van der Waals surface area contributed by atoms with Crippen LogP contribution in [0.5, 0.6) is 0 Å². The maximum absolute atomic E-state index is 13.8. The lowest BCUT2D eigenvalue weighted by molar-refractivity contribution is 0.381. The third-order valence-corrected chi connectivity index (χ3v) is 3.86. The summed E-state index contributed by atoms with van der Waals surface area (Å²) in [6.45, 7) is 5.94. The van der Waals surface area contributed by atoms with Crippen molar-refractivity contribution in [3.8, 4) is 0 Å². The van der Waals surface area contributed by atoms with Crippen LogP contribution >= 0.6 is 0 Å². The second-order valence-corrected chi connectivity index (χ2v) is 7.37. The van der Waals surface area contributed by atoms with Gasteiger partial charge in [0.05, 0.1) is 6.26 Å². The van der Waals surface area contributed by atoms with Gasteiger partial charge in [-0.3, -0.25) is 0 Å². The summed E-state index contributed by atoms with van der Waals surface area (Å²) in [6.07, 6.45) is 1.85. The molecule has 0 aromatic heterocycles. The van der Waals surface area contributed by atoms with Crippen molar-refractivity contribution in [2.75, 3.05) is 12.8 Å². The van der Waals surface area contributed by atoms with Crippen molar-refractivity contribution in [3.05, 3.63) is 35.6 Å². The predicted octanol–water partition coefficient (Wildman–Crippen LogP) is 2.19. The highest BCUT2D eigenvalue weighted by atomic mass is 32.2. The fourth-order valence-electron chi connectivity index (χ4n) is 2.15. The van der Waals surface area contributed by atoms with E-state index in [4.69, 9.17) is 0 Å². The number of nitrogens with one attached hydrogen (secondary N) is 2. The molecular weight excluding hydrogens is 279 g/mol. The van der Waals surface area contributed by atoms with Crippen LogP contribution in [0.4, 0.5) is 4.39 Å². The fourth-order valence-corrected chi connectivity index (χ4v) is 3.22. The van der Waals surface area contributed by atoms with Crippen molar-refractivity contribution >= 4 is 10.0 Å². The predicted molar refractivity (Wildman–Crippen MR) is 79.5 cm³/mol. The summed E-state index contributed by atoms with van der Waals surface area (Å²) >= 11 is 0. The zero-order valence-electron chi connectivity index (χ0n) is 12.4. The third kappa shape index (κ3) is 5.56. The van der Waals surface area contributed by atoms with E-state index in [1.807, 2.05) is 6.92 Å². The molecule has 0 aliphatic carbocycles. The quantitative estimate of drug-likeness (QED) is 0.812. The molecule has 0 radical (unpaired) electrons. The number of halogens is 1. The smallest absolute Gasteiger partial charge is 0.209 e. The van der Waals surface area contributed by atoms with Gasteiger partial charge in [-0.1, -0.05) is 25.1 Å². The normalized spacial score (nSPS) is 14.2. The van der Waals surface area contributed by atoms with Gasteiger partial charge in [-0.25, -0.2) is 17.5 Å². The van der Waals surface area contributed by atoms with Gasteiger partial charge in [0, 0.05) is 23.7 Å². The highest BCUT2D eigenvalue weighted by molar-refractivity contribution is 7.88. The minimum Gasteiger partial charge on any atom is -0.308 e. The molecule has 0 saturated carbocycles. The van der Waals surface area contributed by atoms with E-state index in [-0.39, 0.29) is 11.9 Å². The number of hydrogen-bond donors (Lipinski definition) is 2. The molecule has 0 spiro atoms. The van der Waals surface area contributed by atoms with Crippen LogP contribution in [-0.4, -0.2) is 26.8 Å². The number of benzene rings is 1. The van der Waals surface area contributed by atoms with Crippen molar-refractivity contribution in [3.63, 3.8) is 0 Å². The van der Waals surface area contributed by atoms with Gasteiger partial charge < -0.3 is 5.32 Å². The first kappa shape index (κ1) is 17.1. The first-order chi connectivity index (χ1) is 9.14. The van der Waals surface area contributed by atoms with Crippen molar-refractivity contribution in [1.82, 2.24) is 10.0 Å². The molecule has 0 saturated heterocycles. The molecule has 1 rings (SSSR count). The van der Waals surface area contributed by atoms with E-state index < -0.39 is 15.6 Å². The van der Waals surface area contributed by atoms with E-state index in [0.717, 1.165) is 12.7 Å². The van der Waals surface area contributed by atoms with Crippen LogP contribution in [0.3, 0.4) is 0 Å². The summed E-state index contributed by atoms with van der Waals surface area (Å²) in [6, 6.07) is 6.48. The molecule has 0 fully saturated rings. The average molecular weight is 302 g/mol. The Labute approximate surface area is 120 Å². The first-order valence-corrected chi connectivity index (χ1v) is 8.50. The van der Waals surface area contributed by atoms with Crippen LogP contribution in [0, 0.1) is 5.82 Å². The van der Waals surface area contributed by atoms with Crippen molar-refractivity contribution in [2.45, 2.75) is 38.8 Å². The standard InChI is InChI=1S/C14H23FN2O2S/c1-5-13(11-8-6-7-9-12(11)15)16-10-14(2,3)17-20(4,18)19/h6-9,13,16-17H,5,10H2,1-4H3. The first-order valence-electron chi connectivity index (χ1n) is 6.61. The maximum Gasteiger partial charge on any atom is 0.209 e. The molecule has 0 heterocycles. The molecule has 1 atom stereocenters. The van der Waals surface area contributed by atoms with Gasteiger partial charge in [0.15, 0.2) is 0 Å². The van der Waals surface area contributed by atoms with Crippen LogP contribution in [0.15, 0.2) is 24.3 Å². The SMILES string of the molecule is CCC(NCC(C)(C)NS(C)(=O)=O)c1ccccc1F. The summed E-state index contributed by atoms with van der Waals surface area (Å²) in [4.78, 5) is 0. The van der Waals surface area contributed by atoms with E-state index >= 15 is 0 Å². The summed E-state index contributed by atoms with van der Waals surface area (Å²) in [5.74, 6) is -0.249. The number of sulfonamides is 1. The second kappa shape index (κ2) is 6.65. The Kier molecular flexibility index (Phi) is 5.68. The molecule has 0 bridgehead atoms. The van der Waals surface area contributed by atoms with Crippen LogP contribution in [0.1, 0.15) is 38.8 Å². The van der Waals surface area contributed by atoms with E-state index in [0.29, 0.717) is 12.1 Å². The maximum atomic E-state index is 13.8. The monoisotopic (exact) mass is 302 g/mol. The Bertz CT molecular complexity index is 544. The minimum absolute atomic E-state index is 0.142. The van der Waals surface area contributed by atoms with Gasteiger partial charge in [-0.15, -0.1) is 0 Å². The summed E-state index contributed by atoms with van der Waals surface area (Å²) < 4.78 is 38.9. The Balaban J connectivity index is 2.74. The van der Waals surface area contributed by atoms with Gasteiger partial charge in [-0.05, 0) is 26.3 Å². The highest BCUT2D eigenvalue weighted by Crippen LogP contribution is 2.20. The summed E-state index contributed by atoms with van der Waals surface area (Å²) in [5, 5.41) is 3.22. The van der Waals surface area contributed by atoms with E-state index in [9.17, 15) is 12.8 Å². The van der Waals surface area contributed by atoms with E-state index in [2.05, 4.69) is 10.0 Å². The van der Waals surface area contributed by atoms with Gasteiger partial charge in [0.1, 0.15) is 5.82 Å². The molecule has 6 heteroatoms. The van der Waals surface area contributed by atoms with Gasteiger partial charge in [0.2, 0.25) is 10.0 Å². The fraction of sp³-hybridized carbons (Fsp3) is 0.571. The molecule has 114 valence electrons. The molecule has 20 heavy (non-hydrogen) atoms. The lowest BCUT2D eigenvalue weighted by atomic mass is 10.0. The Morgan fingerprint density at radius 3 is 2.40 bits per heavy atom. The largest absolute Gasteiger partial charge is 0.308 e. The van der Waals surface area contributed by atoms with Gasteiger partial charge in [0.25, 0.3) is 0 Å². The van der Waals surface area contributed by atoms with Crippen LogP contribution in [-0.2, 0) is 10.0 Å². The van der Waals surface area contributed by atoms with Gasteiger partial charge >= 0.3 is 0 Å². The zero-order chi connectivity index (χ0) is 15.4. The molecular formula is C14H23FN2O2S. The topological polar surface area (TPSA) is 58.2 Å². The molecule has 1 aromatic carbocycles. The Morgan fingerprint density at radius 2 is 1.90 bits per heavy atom. The van der Waals surface area contributed by atoms with E-state index in [1.54, 1.807) is 32.0 Å². The second-order valence-electron chi connectivity index (χ2n) is 5.62. The molecule has 2 N–H and O–H groups in total. The number of hydrogen-bond acceptors (Lipinski definition) is 3. The molecule has 1 unspecified atom stereocenters. The van der Waals surface area contributed by atoms with Crippen molar-refractivity contribution < 1.29 is 12.8 Å². The average Bonchev–Trinajstić information content (AvgIpc) is 2.28. The van der Waals surface area contributed by atoms with Crippen LogP contribution in [0.25, 0.3) is 0 Å². The molecule has 0 aliphatic rings. The Hall–Kier alpha value is -0.980. The van der Waals surface area contributed by atoms with Gasteiger partial charge in [-0.2, -0.15) is 0 Å². The molecule has 0 aliphatic heterocycles. The summed E-state index contributed by atoms with van der Waals surface area (Å²) in [7, 11) is -3.27. The zero-order valence-corrected chi connectivity index (χ0v) is 13.2. The van der Waals surface area contributed by atoms with Crippen molar-refractivity contribution in [2.24, 2.45) is 0 Å². The lowest BCUT2D eigenvalue weighted by Gasteiger charge is -2.28. The molecule has 1 aromatic rings. The summed E-state index contributed by atoms with van der Waals surface area (Å²) in [5.41, 5.74) is -0.0307. The molecule has 0 amide bonds. The Morgan fingerprint density at radius 1 is 1.30 bits per heavy atom. The van der Waals surface area contributed by atoms with E-state index in [1.165, 1.54) is 6.07 Å². The lowest BCUT2D eigenvalue weighted by Crippen LogP contribution is -2.50. The number of rotatable bonds is 7. The van der Waals surface area contributed by atoms with Crippen LogP contribution in [0.2, 0.25) is 0 Å². The molecule has 4 nitrogen and oxygen atoms in total.